The van der Waals surface area contributed by atoms with Crippen molar-refractivity contribution in [2.45, 2.75) is 38.9 Å². The Morgan fingerprint density at radius 3 is 2.42 bits per heavy atom. The quantitative estimate of drug-likeness (QED) is 0.626. The fraction of sp³-hybridized carbons (Fsp3) is 0.667. The van der Waals surface area contributed by atoms with Crippen LogP contribution in [0.4, 0.5) is 11.4 Å². The second-order valence-electron chi connectivity index (χ2n) is 7.15. The Morgan fingerprint density at radius 2 is 1.79 bits per heavy atom. The third kappa shape index (κ3) is 4.05. The summed E-state index contributed by atoms with van der Waals surface area (Å²) >= 11 is 0. The zero-order valence-electron chi connectivity index (χ0n) is 14.6. The van der Waals surface area contributed by atoms with E-state index in [2.05, 4.69) is 23.6 Å². The number of hydrogen-bond donors (Lipinski definition) is 0. The topological polar surface area (TPSA) is 58.9 Å². The first-order chi connectivity index (χ1) is 11.5. The summed E-state index contributed by atoms with van der Waals surface area (Å²) in [6.07, 6.45) is 2.79. The molecule has 0 saturated carbocycles. The third-order valence-electron chi connectivity index (χ3n) is 5.05. The van der Waals surface area contributed by atoms with Crippen LogP contribution < -0.4 is 4.90 Å². The van der Waals surface area contributed by atoms with Crippen molar-refractivity contribution >= 4 is 11.4 Å². The van der Waals surface area contributed by atoms with Gasteiger partial charge in [0.2, 0.25) is 0 Å². The largest absolute Gasteiger partial charge is 0.373 e. The number of piperidine rings is 1. The van der Waals surface area contributed by atoms with Crippen molar-refractivity contribution in [1.82, 2.24) is 4.90 Å². The minimum atomic E-state index is -0.280. The summed E-state index contributed by atoms with van der Waals surface area (Å²) < 4.78 is 5.80. The van der Waals surface area contributed by atoms with Crippen LogP contribution in [0.1, 0.15) is 26.7 Å². The molecule has 6 nitrogen and oxygen atoms in total. The van der Waals surface area contributed by atoms with Gasteiger partial charge in [0.25, 0.3) is 5.69 Å². The van der Waals surface area contributed by atoms with Gasteiger partial charge in [-0.25, -0.2) is 0 Å². The van der Waals surface area contributed by atoms with Crippen LogP contribution >= 0.6 is 0 Å². The summed E-state index contributed by atoms with van der Waals surface area (Å²) in [4.78, 5) is 15.6. The molecule has 132 valence electrons. The molecule has 1 aromatic carbocycles. The monoisotopic (exact) mass is 333 g/mol. The van der Waals surface area contributed by atoms with E-state index < -0.39 is 0 Å². The van der Waals surface area contributed by atoms with Gasteiger partial charge in [0, 0.05) is 38.8 Å². The zero-order valence-corrected chi connectivity index (χ0v) is 14.6. The molecular weight excluding hydrogens is 306 g/mol. The molecule has 0 aromatic heterocycles. The predicted octanol–water partition coefficient (Wildman–Crippen LogP) is 2.92. The second-order valence-corrected chi connectivity index (χ2v) is 7.15. The average molecular weight is 333 g/mol. The van der Waals surface area contributed by atoms with Gasteiger partial charge in [-0.3, -0.25) is 15.0 Å². The molecule has 0 amide bonds. The summed E-state index contributed by atoms with van der Waals surface area (Å²) in [5.74, 6) is 0.668. The van der Waals surface area contributed by atoms with Gasteiger partial charge < -0.3 is 9.64 Å². The lowest BCUT2D eigenvalue weighted by molar-refractivity contribution is -0.384. The molecule has 0 aliphatic carbocycles. The molecule has 6 heteroatoms. The Labute approximate surface area is 143 Å². The minimum Gasteiger partial charge on any atom is -0.373 e. The van der Waals surface area contributed by atoms with Crippen LogP contribution in [0.5, 0.6) is 0 Å². The maximum absolute atomic E-state index is 11.2. The highest BCUT2D eigenvalue weighted by molar-refractivity contribution is 5.63. The normalized spacial score (nSPS) is 26.5. The summed E-state index contributed by atoms with van der Waals surface area (Å²) in [6, 6.07) is 7.07. The summed E-state index contributed by atoms with van der Waals surface area (Å²) in [5, 5.41) is 11.2. The van der Waals surface area contributed by atoms with E-state index in [0.29, 0.717) is 18.1 Å². The summed E-state index contributed by atoms with van der Waals surface area (Å²) in [6.45, 7) is 9.20. The molecule has 24 heavy (non-hydrogen) atoms. The Kier molecular flexibility index (Phi) is 5.36. The van der Waals surface area contributed by atoms with Gasteiger partial charge in [-0.1, -0.05) is 12.1 Å². The first-order valence-electron chi connectivity index (χ1n) is 8.89. The highest BCUT2D eigenvalue weighted by Crippen LogP contribution is 2.31. The molecule has 2 aliphatic rings. The van der Waals surface area contributed by atoms with E-state index in [4.69, 9.17) is 4.74 Å². The van der Waals surface area contributed by atoms with Gasteiger partial charge in [0.15, 0.2) is 0 Å². The third-order valence-corrected chi connectivity index (χ3v) is 5.05. The molecule has 0 N–H and O–H groups in total. The van der Waals surface area contributed by atoms with Crippen molar-refractivity contribution in [2.75, 3.05) is 37.6 Å². The Hall–Kier alpha value is -1.66. The van der Waals surface area contributed by atoms with Crippen LogP contribution in [0.2, 0.25) is 0 Å². The van der Waals surface area contributed by atoms with Crippen molar-refractivity contribution in [2.24, 2.45) is 5.92 Å². The smallest absolute Gasteiger partial charge is 0.292 e. The SMILES string of the molecule is C[C@@H]1CN(CC2CCN(c3ccccc3[N+](=O)[O-])CC2)C[C@H](C)O1. The number of benzene rings is 1. The lowest BCUT2D eigenvalue weighted by atomic mass is 9.95. The van der Waals surface area contributed by atoms with Crippen LogP contribution in [0.25, 0.3) is 0 Å². The van der Waals surface area contributed by atoms with Gasteiger partial charge in [-0.15, -0.1) is 0 Å². The van der Waals surface area contributed by atoms with Gasteiger partial charge in [-0.05, 0) is 38.7 Å². The van der Waals surface area contributed by atoms with E-state index in [1.807, 2.05) is 12.1 Å². The van der Waals surface area contributed by atoms with Crippen LogP contribution in [0.15, 0.2) is 24.3 Å². The average Bonchev–Trinajstić information content (AvgIpc) is 2.54. The maximum atomic E-state index is 11.2. The molecule has 0 bridgehead atoms. The first-order valence-corrected chi connectivity index (χ1v) is 8.89. The van der Waals surface area contributed by atoms with E-state index >= 15 is 0 Å². The van der Waals surface area contributed by atoms with Crippen molar-refractivity contribution in [3.63, 3.8) is 0 Å². The molecule has 3 rings (SSSR count). The fourth-order valence-electron chi connectivity index (χ4n) is 4.04. The lowest BCUT2D eigenvalue weighted by Crippen LogP contribution is -2.48. The van der Waals surface area contributed by atoms with E-state index in [1.54, 1.807) is 12.1 Å². The highest BCUT2D eigenvalue weighted by Gasteiger charge is 2.28. The van der Waals surface area contributed by atoms with E-state index in [-0.39, 0.29) is 10.6 Å². The van der Waals surface area contributed by atoms with Gasteiger partial charge >= 0.3 is 0 Å². The lowest BCUT2D eigenvalue weighted by Gasteiger charge is -2.39. The Balaban J connectivity index is 1.55. The van der Waals surface area contributed by atoms with Crippen LogP contribution in [-0.4, -0.2) is 54.8 Å². The maximum Gasteiger partial charge on any atom is 0.292 e. The number of para-hydroxylation sites is 2. The second kappa shape index (κ2) is 7.49. The standard InChI is InChI=1S/C18H27N3O3/c1-14-11-19(12-15(2)24-14)13-16-7-9-20(10-8-16)17-5-3-4-6-18(17)21(22)23/h3-6,14-16H,7-13H2,1-2H3/t14-,15+. The molecule has 2 fully saturated rings. The van der Waals surface area contributed by atoms with Crippen LogP contribution in [0, 0.1) is 16.0 Å². The first kappa shape index (κ1) is 17.2. The molecule has 2 heterocycles. The highest BCUT2D eigenvalue weighted by atomic mass is 16.6. The predicted molar refractivity (Wildman–Crippen MR) is 94.5 cm³/mol. The minimum absolute atomic E-state index is 0.215. The van der Waals surface area contributed by atoms with Crippen molar-refractivity contribution in [1.29, 1.82) is 0 Å². The number of hydrogen-bond acceptors (Lipinski definition) is 5. The molecule has 2 saturated heterocycles. The van der Waals surface area contributed by atoms with Gasteiger partial charge in [0.1, 0.15) is 5.69 Å². The van der Waals surface area contributed by atoms with Gasteiger partial charge in [0.05, 0.1) is 17.1 Å². The fourth-order valence-corrected chi connectivity index (χ4v) is 4.04. The molecule has 0 unspecified atom stereocenters. The number of ether oxygens (including phenoxy) is 1. The number of anilines is 1. The Bertz CT molecular complexity index is 562. The molecule has 2 atom stereocenters. The van der Waals surface area contributed by atoms with Crippen molar-refractivity contribution in [3.05, 3.63) is 34.4 Å². The van der Waals surface area contributed by atoms with Gasteiger partial charge in [-0.2, -0.15) is 0 Å². The summed E-state index contributed by atoms with van der Waals surface area (Å²) in [7, 11) is 0. The number of morpholine rings is 1. The zero-order chi connectivity index (χ0) is 17.1. The molecular formula is C18H27N3O3. The van der Waals surface area contributed by atoms with E-state index in [9.17, 15) is 10.1 Å². The number of rotatable bonds is 4. The van der Waals surface area contributed by atoms with E-state index in [0.717, 1.165) is 51.3 Å². The van der Waals surface area contributed by atoms with Crippen LogP contribution in [0.3, 0.4) is 0 Å². The van der Waals surface area contributed by atoms with Crippen molar-refractivity contribution in [3.8, 4) is 0 Å². The molecule has 0 radical (unpaired) electrons. The number of nitrogens with zero attached hydrogens (tertiary/aromatic N) is 3. The Morgan fingerprint density at radius 1 is 1.17 bits per heavy atom. The molecule has 1 aromatic rings. The number of nitro groups is 1. The molecule has 2 aliphatic heterocycles. The van der Waals surface area contributed by atoms with Crippen LogP contribution in [-0.2, 0) is 4.74 Å². The number of nitro benzene ring substituents is 1. The van der Waals surface area contributed by atoms with E-state index in [1.165, 1.54) is 0 Å². The van der Waals surface area contributed by atoms with Crippen molar-refractivity contribution < 1.29 is 9.66 Å². The molecule has 0 spiro atoms. The summed E-state index contributed by atoms with van der Waals surface area (Å²) in [5.41, 5.74) is 0.973.